The first-order valence-corrected chi connectivity index (χ1v) is 10.1. The molecule has 1 aromatic carbocycles. The van der Waals surface area contributed by atoms with Crippen LogP contribution in [-0.4, -0.2) is 52.1 Å². The number of nitrogens with zero attached hydrogens (tertiary/aromatic N) is 4. The molecule has 31 heavy (non-hydrogen) atoms. The van der Waals surface area contributed by atoms with Crippen LogP contribution in [0.5, 0.6) is 0 Å². The van der Waals surface area contributed by atoms with Gasteiger partial charge in [0.25, 0.3) is 5.91 Å². The maximum atomic E-state index is 12.8. The van der Waals surface area contributed by atoms with E-state index in [4.69, 9.17) is 0 Å². The first kappa shape index (κ1) is 21.3. The third-order valence-electron chi connectivity index (χ3n) is 6.50. The van der Waals surface area contributed by atoms with E-state index in [1.165, 1.54) is 12.1 Å². The Balaban J connectivity index is 1.32. The van der Waals surface area contributed by atoms with Crippen molar-refractivity contribution >= 4 is 11.8 Å². The third-order valence-corrected chi connectivity index (χ3v) is 6.50. The molecule has 1 saturated heterocycles. The number of carbonyl (C=O) groups excluding carboxylic acids is 2. The number of amides is 2. The molecule has 2 fully saturated rings. The summed E-state index contributed by atoms with van der Waals surface area (Å²) in [5.41, 5.74) is 0.646. The fourth-order valence-corrected chi connectivity index (χ4v) is 4.35. The van der Waals surface area contributed by atoms with Crippen molar-refractivity contribution in [1.82, 2.24) is 20.1 Å². The maximum absolute atomic E-state index is 12.8. The summed E-state index contributed by atoms with van der Waals surface area (Å²) in [5, 5.41) is 7.53. The summed E-state index contributed by atoms with van der Waals surface area (Å²) in [6, 6.07) is 4.29. The van der Waals surface area contributed by atoms with E-state index >= 15 is 0 Å². The number of hydrogen-bond donors (Lipinski definition) is 0. The second-order valence-corrected chi connectivity index (χ2v) is 8.48. The van der Waals surface area contributed by atoms with E-state index in [1.807, 2.05) is 0 Å². The highest BCUT2D eigenvalue weighted by Gasteiger charge is 2.59. The molecule has 1 aliphatic heterocycles. The molecular weight excluding hydrogens is 413 g/mol. The number of piperidine rings is 1. The number of benzene rings is 1. The molecule has 2 amide bonds. The van der Waals surface area contributed by atoms with Crippen LogP contribution in [0, 0.1) is 18.3 Å². The monoisotopic (exact) mass is 436 g/mol. The number of rotatable bonds is 4. The van der Waals surface area contributed by atoms with Gasteiger partial charge in [-0.3, -0.25) is 9.59 Å². The Morgan fingerprint density at radius 3 is 2.39 bits per heavy atom. The zero-order valence-electron chi connectivity index (χ0n) is 17.3. The highest BCUT2D eigenvalue weighted by atomic mass is 19.4. The van der Waals surface area contributed by atoms with Crippen LogP contribution in [0.25, 0.3) is 0 Å². The third kappa shape index (κ3) is 4.15. The van der Waals surface area contributed by atoms with Gasteiger partial charge in [-0.25, -0.2) is 4.63 Å². The molecule has 2 heterocycles. The molecule has 1 unspecified atom stereocenters. The van der Waals surface area contributed by atoms with Gasteiger partial charge < -0.3 is 9.80 Å². The highest BCUT2D eigenvalue weighted by Crippen LogP contribution is 2.60. The van der Waals surface area contributed by atoms with Gasteiger partial charge in [0, 0.05) is 31.6 Å². The Morgan fingerprint density at radius 1 is 1.19 bits per heavy atom. The van der Waals surface area contributed by atoms with Crippen LogP contribution >= 0.6 is 0 Å². The van der Waals surface area contributed by atoms with Gasteiger partial charge in [-0.1, -0.05) is 10.3 Å². The molecule has 1 saturated carbocycles. The molecule has 4 rings (SSSR count). The second-order valence-electron chi connectivity index (χ2n) is 8.48. The van der Waals surface area contributed by atoms with Crippen LogP contribution in [0.15, 0.2) is 28.9 Å². The smallest absolute Gasteiger partial charge is 0.339 e. The van der Waals surface area contributed by atoms with Crippen molar-refractivity contribution in [3.63, 3.8) is 0 Å². The lowest BCUT2D eigenvalue weighted by Crippen LogP contribution is -2.40. The van der Waals surface area contributed by atoms with Crippen LogP contribution in [0.1, 0.15) is 46.6 Å². The van der Waals surface area contributed by atoms with Gasteiger partial charge in [-0.2, -0.15) is 13.2 Å². The second kappa shape index (κ2) is 7.65. The molecule has 1 atom stereocenters. The summed E-state index contributed by atoms with van der Waals surface area (Å²) in [6.45, 7) is 3.07. The first-order chi connectivity index (χ1) is 14.6. The van der Waals surface area contributed by atoms with Crippen molar-refractivity contribution in [3.05, 3.63) is 46.8 Å². The summed E-state index contributed by atoms with van der Waals surface area (Å²) in [7, 11) is 1.73. The summed E-state index contributed by atoms with van der Waals surface area (Å²) in [6.07, 6.45) is -2.24. The van der Waals surface area contributed by atoms with E-state index in [1.54, 1.807) is 23.8 Å². The number of aryl methyl sites for hydroxylation is 1. The van der Waals surface area contributed by atoms with Gasteiger partial charge in [0.15, 0.2) is 0 Å². The Morgan fingerprint density at radius 2 is 1.84 bits per heavy atom. The Kier molecular flexibility index (Phi) is 5.26. The average Bonchev–Trinajstić information content (AvgIpc) is 3.29. The van der Waals surface area contributed by atoms with Crippen molar-refractivity contribution in [3.8, 4) is 0 Å². The lowest BCUT2D eigenvalue weighted by Gasteiger charge is -2.33. The molecule has 10 heteroatoms. The lowest BCUT2D eigenvalue weighted by atomic mass is 9.90. The Bertz CT molecular complexity index is 979. The average molecular weight is 436 g/mol. The van der Waals surface area contributed by atoms with Crippen molar-refractivity contribution < 1.29 is 27.4 Å². The summed E-state index contributed by atoms with van der Waals surface area (Å²) >= 11 is 0. The summed E-state index contributed by atoms with van der Waals surface area (Å²) in [4.78, 5) is 28.8. The highest BCUT2D eigenvalue weighted by molar-refractivity contribution is 5.94. The standard InChI is InChI=1S/C21H23F3N4O3/c1-13-17(26-31-25-13)12-27(2)19(30)16-11-20(16)7-9-28(10-8-20)18(29)14-3-5-15(6-4-14)21(22,23)24/h3-6,16H,7-12H2,1-2H3. The Labute approximate surface area is 177 Å². The van der Waals surface area contributed by atoms with E-state index in [2.05, 4.69) is 14.9 Å². The van der Waals surface area contributed by atoms with Crippen LogP contribution in [-0.2, 0) is 17.5 Å². The summed E-state index contributed by atoms with van der Waals surface area (Å²) < 4.78 is 42.8. The Hall–Kier alpha value is -2.91. The number of halogens is 3. The topological polar surface area (TPSA) is 79.5 Å². The van der Waals surface area contributed by atoms with Crippen molar-refractivity contribution in [2.24, 2.45) is 11.3 Å². The largest absolute Gasteiger partial charge is 0.416 e. The van der Waals surface area contributed by atoms with E-state index in [0.29, 0.717) is 43.9 Å². The molecule has 166 valence electrons. The van der Waals surface area contributed by atoms with Crippen LogP contribution in [0.2, 0.25) is 0 Å². The molecule has 0 radical (unpaired) electrons. The number of alkyl halides is 3. The number of aromatic nitrogens is 2. The molecule has 0 N–H and O–H groups in total. The van der Waals surface area contributed by atoms with E-state index in [0.717, 1.165) is 18.6 Å². The molecule has 2 aromatic rings. The molecule has 1 aromatic heterocycles. The van der Waals surface area contributed by atoms with E-state index < -0.39 is 11.7 Å². The molecule has 0 bridgehead atoms. The molecule has 1 spiro atoms. The normalized spacial score (nSPS) is 20.0. The fraction of sp³-hybridized carbons (Fsp3) is 0.524. The molecular formula is C21H23F3N4O3. The van der Waals surface area contributed by atoms with Crippen molar-refractivity contribution in [2.45, 2.75) is 38.9 Å². The molecule has 2 aliphatic rings. The van der Waals surface area contributed by atoms with Gasteiger partial charge in [0.05, 0.1) is 12.1 Å². The minimum atomic E-state index is -4.43. The van der Waals surface area contributed by atoms with E-state index in [9.17, 15) is 22.8 Å². The van der Waals surface area contributed by atoms with Crippen molar-refractivity contribution in [2.75, 3.05) is 20.1 Å². The minimum absolute atomic E-state index is 0.0462. The van der Waals surface area contributed by atoms with Crippen LogP contribution in [0.3, 0.4) is 0 Å². The van der Waals surface area contributed by atoms with E-state index in [-0.39, 0.29) is 28.7 Å². The van der Waals surface area contributed by atoms with Crippen LogP contribution in [0.4, 0.5) is 13.2 Å². The van der Waals surface area contributed by atoms with Gasteiger partial charge in [0.1, 0.15) is 11.4 Å². The predicted molar refractivity (Wildman–Crippen MR) is 103 cm³/mol. The SMILES string of the molecule is Cc1nonc1CN(C)C(=O)C1CC12CCN(C(=O)c1ccc(C(F)(F)F)cc1)CC2. The quantitative estimate of drug-likeness (QED) is 0.735. The zero-order chi connectivity index (χ0) is 22.4. The maximum Gasteiger partial charge on any atom is 0.416 e. The van der Waals surface area contributed by atoms with Crippen LogP contribution < -0.4 is 0 Å². The zero-order valence-corrected chi connectivity index (χ0v) is 17.3. The van der Waals surface area contributed by atoms with Crippen molar-refractivity contribution in [1.29, 1.82) is 0 Å². The van der Waals surface area contributed by atoms with Gasteiger partial charge >= 0.3 is 6.18 Å². The fourth-order valence-electron chi connectivity index (χ4n) is 4.35. The van der Waals surface area contributed by atoms with Gasteiger partial charge in [-0.05, 0) is 55.9 Å². The van der Waals surface area contributed by atoms with Gasteiger partial charge in [0.2, 0.25) is 5.91 Å². The lowest BCUT2D eigenvalue weighted by molar-refractivity contribution is -0.137. The molecule has 7 nitrogen and oxygen atoms in total. The molecule has 1 aliphatic carbocycles. The van der Waals surface area contributed by atoms with Gasteiger partial charge in [-0.15, -0.1) is 0 Å². The first-order valence-electron chi connectivity index (χ1n) is 10.1. The predicted octanol–water partition coefficient (Wildman–Crippen LogP) is 3.30. The number of carbonyl (C=O) groups is 2. The number of likely N-dealkylation sites (tertiary alicyclic amines) is 1. The number of hydrogen-bond acceptors (Lipinski definition) is 5. The minimum Gasteiger partial charge on any atom is -0.339 e. The summed E-state index contributed by atoms with van der Waals surface area (Å²) in [5.74, 6) is -0.316.